The Labute approximate surface area is 222 Å². The first-order chi connectivity index (χ1) is 17.2. The van der Waals surface area contributed by atoms with E-state index in [1.165, 1.54) is 51.4 Å². The normalized spacial score (nSPS) is 38.5. The summed E-state index contributed by atoms with van der Waals surface area (Å²) in [4.78, 5) is 12.3. The van der Waals surface area contributed by atoms with Crippen molar-refractivity contribution in [1.82, 2.24) is 5.32 Å². The Balaban J connectivity index is 0.00000380. The molecule has 2 N–H and O–H groups in total. The maximum atomic E-state index is 12.3. The van der Waals surface area contributed by atoms with E-state index >= 15 is 0 Å². The number of hydrogen-bond acceptors (Lipinski definition) is 3. The van der Waals surface area contributed by atoms with Crippen molar-refractivity contribution in [3.63, 3.8) is 0 Å². The Bertz CT molecular complexity index is 784. The molecule has 4 nitrogen and oxygen atoms in total. The average molecular weight is 504 g/mol. The maximum absolute atomic E-state index is 12.3. The number of aliphatic hydroxyl groups excluding tert-OH is 1. The minimum Gasteiger partial charge on any atom is -0.446 e. The molecule has 5 unspecified atom stereocenters. The summed E-state index contributed by atoms with van der Waals surface area (Å²) in [6.45, 7) is 13.3. The molecular formula is C32H57NO3. The van der Waals surface area contributed by atoms with Gasteiger partial charge in [-0.1, -0.05) is 65.5 Å². The van der Waals surface area contributed by atoms with Crippen LogP contribution in [0.5, 0.6) is 0 Å². The first-order valence-corrected chi connectivity index (χ1v) is 15.4. The highest BCUT2D eigenvalue weighted by Gasteiger charge is 2.59. The predicted octanol–water partition coefficient (Wildman–Crippen LogP) is 8.14. The highest BCUT2D eigenvalue weighted by Crippen LogP contribution is 2.67. The summed E-state index contributed by atoms with van der Waals surface area (Å²) in [7, 11) is 0. The number of hydrogen-bond donors (Lipinski definition) is 2. The van der Waals surface area contributed by atoms with Crippen molar-refractivity contribution in [2.24, 2.45) is 46.3 Å². The topological polar surface area (TPSA) is 58.6 Å². The molecule has 36 heavy (non-hydrogen) atoms. The molecule has 1 amide bonds. The number of carbonyl (C=O) groups is 1. The third kappa shape index (κ3) is 5.69. The minimum atomic E-state index is -0.288. The summed E-state index contributed by atoms with van der Waals surface area (Å²) in [6.07, 6.45) is 18.0. The van der Waals surface area contributed by atoms with Gasteiger partial charge < -0.3 is 15.2 Å². The predicted molar refractivity (Wildman–Crippen MR) is 150 cm³/mol. The molecule has 0 bridgehead atoms. The second-order valence-electron chi connectivity index (χ2n) is 13.9. The molecule has 208 valence electrons. The molecule has 0 aromatic carbocycles. The van der Waals surface area contributed by atoms with Crippen molar-refractivity contribution in [3.8, 4) is 0 Å². The van der Waals surface area contributed by atoms with Gasteiger partial charge in [0.1, 0.15) is 6.10 Å². The molecule has 0 radical (unpaired) electrons. The van der Waals surface area contributed by atoms with E-state index in [4.69, 9.17) is 9.84 Å². The molecule has 4 aliphatic carbocycles. The van der Waals surface area contributed by atoms with Gasteiger partial charge in [-0.2, -0.15) is 0 Å². The third-order valence-electron chi connectivity index (χ3n) is 11.4. The van der Waals surface area contributed by atoms with Crippen molar-refractivity contribution in [1.29, 1.82) is 0 Å². The van der Waals surface area contributed by atoms with Crippen LogP contribution in [0.15, 0.2) is 11.6 Å². The van der Waals surface area contributed by atoms with Gasteiger partial charge in [-0.05, 0) is 104 Å². The van der Waals surface area contributed by atoms with Crippen molar-refractivity contribution >= 4 is 6.09 Å². The number of aliphatic hydroxyl groups is 1. The van der Waals surface area contributed by atoms with Crippen molar-refractivity contribution in [3.05, 3.63) is 11.6 Å². The number of nitrogens with one attached hydrogen (secondary N) is 1. The zero-order valence-corrected chi connectivity index (χ0v) is 24.0. The van der Waals surface area contributed by atoms with Gasteiger partial charge >= 0.3 is 6.09 Å². The molecule has 8 atom stereocenters. The van der Waals surface area contributed by atoms with E-state index in [0.717, 1.165) is 67.6 Å². The first-order valence-electron chi connectivity index (χ1n) is 15.4. The van der Waals surface area contributed by atoms with Gasteiger partial charge in [0, 0.05) is 21.0 Å². The van der Waals surface area contributed by atoms with Crippen molar-refractivity contribution in [2.75, 3.05) is 13.2 Å². The van der Waals surface area contributed by atoms with Crippen LogP contribution in [-0.2, 0) is 4.74 Å². The van der Waals surface area contributed by atoms with Gasteiger partial charge in [0.05, 0.1) is 0 Å². The van der Waals surface area contributed by atoms with Crippen LogP contribution in [0.25, 0.3) is 0 Å². The van der Waals surface area contributed by atoms with E-state index in [2.05, 4.69) is 46.0 Å². The van der Waals surface area contributed by atoms with E-state index in [0.29, 0.717) is 17.4 Å². The molecule has 0 heterocycles. The number of amides is 1. The van der Waals surface area contributed by atoms with Crippen LogP contribution in [0.4, 0.5) is 4.79 Å². The number of unbranched alkanes of at least 4 members (excludes halogenated alkanes) is 1. The van der Waals surface area contributed by atoms with Gasteiger partial charge in [0.25, 0.3) is 0 Å². The lowest BCUT2D eigenvalue weighted by molar-refractivity contribution is -0.0581. The van der Waals surface area contributed by atoms with Crippen LogP contribution in [0.2, 0.25) is 0 Å². The summed E-state index contributed by atoms with van der Waals surface area (Å²) in [5, 5.41) is 11.8. The zero-order chi connectivity index (χ0) is 25.9. The maximum Gasteiger partial charge on any atom is 0.407 e. The van der Waals surface area contributed by atoms with Gasteiger partial charge in [-0.3, -0.25) is 0 Å². The smallest absolute Gasteiger partial charge is 0.407 e. The highest BCUT2D eigenvalue weighted by atomic mass is 16.6. The van der Waals surface area contributed by atoms with Gasteiger partial charge in [-0.25, -0.2) is 4.79 Å². The molecule has 4 aliphatic rings. The Hall–Kier alpha value is -1.03. The van der Waals surface area contributed by atoms with Crippen LogP contribution in [-0.4, -0.2) is 30.5 Å². The molecule has 0 aromatic heterocycles. The van der Waals surface area contributed by atoms with E-state index in [1.54, 1.807) is 5.57 Å². The Kier molecular flexibility index (Phi) is 9.16. The molecule has 0 aliphatic heterocycles. The lowest BCUT2D eigenvalue weighted by Crippen LogP contribution is -2.51. The van der Waals surface area contributed by atoms with Crippen LogP contribution in [0.1, 0.15) is 120 Å². The minimum absolute atomic E-state index is 0. The van der Waals surface area contributed by atoms with E-state index in [-0.39, 0.29) is 20.2 Å². The number of carbonyl (C=O) groups excluding carboxylic acids is 1. The highest BCUT2D eigenvalue weighted by molar-refractivity contribution is 5.67. The molecule has 0 aromatic rings. The molecule has 4 rings (SSSR count). The average Bonchev–Trinajstić information content (AvgIpc) is 3.19. The number of allylic oxidation sites excluding steroid dienone is 1. The summed E-state index contributed by atoms with van der Waals surface area (Å²) in [5.74, 6) is 5.14. The fourth-order valence-corrected chi connectivity index (χ4v) is 9.37. The summed E-state index contributed by atoms with van der Waals surface area (Å²) < 4.78 is 5.82. The molecular weight excluding hydrogens is 446 g/mol. The SMILES string of the molecule is CC(C)CCCC(C)C1CC[C@H]2C3CC=C4CC(OC(=O)NCCCCO)CC[C@]4(C)C3CC[C@]12C.[HH]. The Morgan fingerprint density at radius 1 is 1.08 bits per heavy atom. The second-order valence-corrected chi connectivity index (χ2v) is 13.9. The Morgan fingerprint density at radius 3 is 2.64 bits per heavy atom. The fraction of sp³-hybridized carbons (Fsp3) is 0.906. The largest absolute Gasteiger partial charge is 0.446 e. The quantitative estimate of drug-likeness (QED) is 0.234. The molecule has 4 heteroatoms. The standard InChI is InChI=1S/C32H55NO3.H2/c1-22(2)9-8-10-23(3)27-13-14-28-26-12-11-24-21-25(36-30(35)33-19-6-7-20-34)15-17-31(24,4)29(26)16-18-32(27,28)5;/h11,22-23,25-29,34H,6-10,12-21H2,1-5H3,(H,33,35);1H/t23?,25?,26?,27?,28-,29?,31-,32+;/m0./s1. The van der Waals surface area contributed by atoms with Gasteiger partial charge in [0.2, 0.25) is 0 Å². The third-order valence-corrected chi connectivity index (χ3v) is 11.4. The molecule has 3 saturated carbocycles. The number of ether oxygens (including phenoxy) is 1. The lowest BCUT2D eigenvalue weighted by atomic mass is 9.47. The van der Waals surface area contributed by atoms with E-state index in [9.17, 15) is 4.79 Å². The van der Waals surface area contributed by atoms with Crippen LogP contribution in [0.3, 0.4) is 0 Å². The number of rotatable bonds is 10. The van der Waals surface area contributed by atoms with Crippen LogP contribution >= 0.6 is 0 Å². The second kappa shape index (κ2) is 11.8. The first kappa shape index (κ1) is 28.0. The monoisotopic (exact) mass is 503 g/mol. The fourth-order valence-electron chi connectivity index (χ4n) is 9.37. The summed E-state index contributed by atoms with van der Waals surface area (Å²) in [5.41, 5.74) is 2.41. The molecule has 0 spiro atoms. The lowest BCUT2D eigenvalue weighted by Gasteiger charge is -2.58. The van der Waals surface area contributed by atoms with E-state index < -0.39 is 0 Å². The van der Waals surface area contributed by atoms with Crippen molar-refractivity contribution in [2.45, 2.75) is 124 Å². The Morgan fingerprint density at radius 2 is 1.89 bits per heavy atom. The molecule has 0 saturated heterocycles. The summed E-state index contributed by atoms with van der Waals surface area (Å²) >= 11 is 0. The van der Waals surface area contributed by atoms with E-state index in [1.807, 2.05) is 0 Å². The van der Waals surface area contributed by atoms with Crippen LogP contribution < -0.4 is 5.32 Å². The summed E-state index contributed by atoms with van der Waals surface area (Å²) in [6, 6.07) is 0. The van der Waals surface area contributed by atoms with Gasteiger partial charge in [-0.15, -0.1) is 0 Å². The molecule has 3 fully saturated rings. The number of alkyl carbamates (subject to hydrolysis) is 1. The van der Waals surface area contributed by atoms with Crippen molar-refractivity contribution < 1.29 is 16.1 Å². The number of fused-ring (bicyclic) bond motifs is 5. The van der Waals surface area contributed by atoms with Gasteiger partial charge in [0.15, 0.2) is 0 Å². The zero-order valence-electron chi connectivity index (χ0n) is 24.0. The van der Waals surface area contributed by atoms with Crippen LogP contribution in [0, 0.1) is 46.3 Å².